The number of halogens is 2. The summed E-state index contributed by atoms with van der Waals surface area (Å²) in [7, 11) is 3.81. The van der Waals surface area contributed by atoms with Crippen LogP contribution < -0.4 is 39.9 Å². The zero-order valence-corrected chi connectivity index (χ0v) is 17.1. The fourth-order valence-corrected chi connectivity index (χ4v) is 0.289. The SMILES string of the molecule is COB([O-])OC.COB([O-])OC.COB([O-])OC.[Al+3].[Al+3].[Cl-].[Cl-]. The summed E-state index contributed by atoms with van der Waals surface area (Å²) >= 11 is 0. The van der Waals surface area contributed by atoms with Crippen molar-refractivity contribution in [2.45, 2.75) is 0 Å². The molecule has 0 aliphatic heterocycles. The van der Waals surface area contributed by atoms with Crippen LogP contribution in [0.15, 0.2) is 0 Å². The Morgan fingerprint density at radius 1 is 0.455 bits per heavy atom. The molecule has 22 heavy (non-hydrogen) atoms. The van der Waals surface area contributed by atoms with Crippen LogP contribution in [0.5, 0.6) is 0 Å². The fourth-order valence-electron chi connectivity index (χ4n) is 0.289. The summed E-state index contributed by atoms with van der Waals surface area (Å²) in [6.45, 7) is 0. The number of rotatable bonds is 6. The van der Waals surface area contributed by atoms with E-state index >= 15 is 0 Å². The van der Waals surface area contributed by atoms with Gasteiger partial charge in [-0.1, -0.05) is 0 Å². The molecule has 0 saturated heterocycles. The maximum Gasteiger partial charge on any atom is 3.00 e. The Morgan fingerprint density at radius 2 is 0.545 bits per heavy atom. The van der Waals surface area contributed by atoms with E-state index in [0.29, 0.717) is 0 Å². The molecule has 0 aromatic rings. The van der Waals surface area contributed by atoms with Crippen LogP contribution in [0.2, 0.25) is 0 Å². The molecule has 0 aliphatic rings. The Hall–Kier alpha value is 1.48. The molecule has 0 aliphatic carbocycles. The van der Waals surface area contributed by atoms with E-state index < -0.39 is 22.0 Å². The van der Waals surface area contributed by atoms with Gasteiger partial charge < -0.3 is 67.8 Å². The molecular weight excluding hydrogens is 373 g/mol. The van der Waals surface area contributed by atoms with E-state index in [1.54, 1.807) is 0 Å². The molecule has 0 spiro atoms. The second-order valence-electron chi connectivity index (χ2n) is 2.28. The first-order valence-corrected chi connectivity index (χ1v) is 4.57. The number of hydrogen-bond acceptors (Lipinski definition) is 9. The zero-order chi connectivity index (χ0) is 15.0. The van der Waals surface area contributed by atoms with Crippen LogP contribution in [0, 0.1) is 0 Å². The summed E-state index contributed by atoms with van der Waals surface area (Å²) in [4.78, 5) is 0. The second kappa shape index (κ2) is 38.2. The maximum absolute atomic E-state index is 9.82. The molecule has 0 radical (unpaired) electrons. The van der Waals surface area contributed by atoms with Crippen molar-refractivity contribution in [3.05, 3.63) is 0 Å². The van der Waals surface area contributed by atoms with E-state index in [1.165, 1.54) is 42.7 Å². The summed E-state index contributed by atoms with van der Waals surface area (Å²) in [6, 6.07) is 0. The molecule has 0 fully saturated rings. The first kappa shape index (κ1) is 43.7. The summed E-state index contributed by atoms with van der Waals surface area (Å²) in [5.41, 5.74) is 0. The average molecular weight is 392 g/mol. The molecule has 16 heteroatoms. The smallest absolute Gasteiger partial charge is 1.00 e. The maximum atomic E-state index is 9.82. The minimum absolute atomic E-state index is 0. The third kappa shape index (κ3) is 49.6. The van der Waals surface area contributed by atoms with Crippen molar-refractivity contribution >= 4 is 56.7 Å². The monoisotopic (exact) mass is 391 g/mol. The first-order valence-electron chi connectivity index (χ1n) is 4.57. The van der Waals surface area contributed by atoms with Gasteiger partial charge in [0, 0.05) is 42.7 Å². The van der Waals surface area contributed by atoms with Gasteiger partial charge in [-0.05, 0) is 0 Å². The van der Waals surface area contributed by atoms with Crippen LogP contribution in [0.3, 0.4) is 0 Å². The largest absolute Gasteiger partial charge is 3.00 e. The van der Waals surface area contributed by atoms with Gasteiger partial charge in [0.2, 0.25) is 0 Å². The third-order valence-corrected chi connectivity index (χ3v) is 1.15. The summed E-state index contributed by atoms with van der Waals surface area (Å²) in [6.07, 6.45) is 0. The molecule has 0 rings (SSSR count). The standard InChI is InChI=1S/3C2H6BO3.2Al.2ClH/c3*1-5-3(4)6-2;;;;/h3*1-2H3;;;2*1H/q3*-1;2*+3;;/p-2. The van der Waals surface area contributed by atoms with Gasteiger partial charge in [0.15, 0.2) is 0 Å². The Kier molecular flexibility index (Phi) is 75.8. The van der Waals surface area contributed by atoms with Crippen molar-refractivity contribution in [3.8, 4) is 0 Å². The van der Waals surface area contributed by atoms with E-state index in [-0.39, 0.29) is 59.5 Å². The molecule has 0 unspecified atom stereocenters. The van der Waals surface area contributed by atoms with Crippen LogP contribution in [-0.2, 0) is 27.9 Å². The Morgan fingerprint density at radius 3 is 0.545 bits per heavy atom. The topological polar surface area (TPSA) is 125 Å². The molecule has 0 aromatic heterocycles. The molecule has 0 aromatic carbocycles. The third-order valence-electron chi connectivity index (χ3n) is 1.15. The van der Waals surface area contributed by atoms with Gasteiger partial charge in [-0.15, -0.1) is 0 Å². The van der Waals surface area contributed by atoms with Crippen molar-refractivity contribution in [1.29, 1.82) is 0 Å². The Bertz CT molecular complexity index is 127. The molecule has 0 bridgehead atoms. The van der Waals surface area contributed by atoms with Crippen LogP contribution in [0.1, 0.15) is 0 Å². The van der Waals surface area contributed by atoms with Crippen molar-refractivity contribution in [1.82, 2.24) is 0 Å². The van der Waals surface area contributed by atoms with E-state index in [0.717, 1.165) is 0 Å². The molecule has 0 N–H and O–H groups in total. The Balaban J connectivity index is -0.0000000281. The van der Waals surface area contributed by atoms with E-state index in [2.05, 4.69) is 27.9 Å². The van der Waals surface area contributed by atoms with Crippen molar-refractivity contribution in [3.63, 3.8) is 0 Å². The van der Waals surface area contributed by atoms with Gasteiger partial charge in [-0.3, -0.25) is 0 Å². The predicted molar refractivity (Wildman–Crippen MR) is 70.8 cm³/mol. The van der Waals surface area contributed by atoms with E-state index in [4.69, 9.17) is 0 Å². The van der Waals surface area contributed by atoms with Gasteiger partial charge >= 0.3 is 56.7 Å². The molecule has 0 atom stereocenters. The number of hydrogen-bond donors (Lipinski definition) is 0. The Labute approximate surface area is 166 Å². The van der Waals surface area contributed by atoms with Gasteiger partial charge in [-0.25, -0.2) is 0 Å². The molecule has 0 heterocycles. The van der Waals surface area contributed by atoms with Gasteiger partial charge in [0.1, 0.15) is 0 Å². The van der Waals surface area contributed by atoms with Crippen molar-refractivity contribution in [2.24, 2.45) is 0 Å². The van der Waals surface area contributed by atoms with Gasteiger partial charge in [0.25, 0.3) is 0 Å². The molecule has 0 saturated carbocycles. The van der Waals surface area contributed by atoms with Crippen LogP contribution in [0.25, 0.3) is 0 Å². The molecule has 0 amide bonds. The van der Waals surface area contributed by atoms with Crippen molar-refractivity contribution in [2.75, 3.05) is 42.7 Å². The molecule has 124 valence electrons. The second-order valence-corrected chi connectivity index (χ2v) is 2.28. The van der Waals surface area contributed by atoms with Crippen LogP contribution in [0.4, 0.5) is 0 Å². The fraction of sp³-hybridized carbons (Fsp3) is 1.00. The minimum Gasteiger partial charge on any atom is -1.00 e. The molecular formula is C6H18Al2B3Cl2O9+. The normalized spacial score (nSPS) is 6.95. The summed E-state index contributed by atoms with van der Waals surface area (Å²) in [5, 5.41) is 29.5. The quantitative estimate of drug-likeness (QED) is 0.406. The first-order chi connectivity index (χ1) is 8.42. The minimum atomic E-state index is -1.31. The predicted octanol–water partition coefficient (Wildman–Crippen LogP) is -10.9. The van der Waals surface area contributed by atoms with Crippen LogP contribution in [-0.4, -0.2) is 99.3 Å². The van der Waals surface area contributed by atoms with E-state index in [9.17, 15) is 15.1 Å². The van der Waals surface area contributed by atoms with Gasteiger partial charge in [0.05, 0.1) is 0 Å². The zero-order valence-electron chi connectivity index (χ0n) is 13.3. The van der Waals surface area contributed by atoms with Crippen LogP contribution >= 0.6 is 0 Å². The summed E-state index contributed by atoms with van der Waals surface area (Å²) < 4.78 is 24.7. The summed E-state index contributed by atoms with van der Waals surface area (Å²) in [5.74, 6) is 0. The average Bonchev–Trinajstić information content (AvgIpc) is 2.45. The van der Waals surface area contributed by atoms with E-state index in [1.807, 2.05) is 0 Å². The van der Waals surface area contributed by atoms with Gasteiger partial charge in [-0.2, -0.15) is 0 Å². The molecule has 9 nitrogen and oxygen atoms in total. The van der Waals surface area contributed by atoms with Crippen molar-refractivity contribution < 1.29 is 67.8 Å².